The molecule has 3 aromatic heterocycles. The zero-order valence-corrected chi connectivity index (χ0v) is 16.4. The minimum Gasteiger partial charge on any atom is -0.467 e. The molecule has 0 radical (unpaired) electrons. The number of carbonyl (C=O) groups is 1. The summed E-state index contributed by atoms with van der Waals surface area (Å²) in [5.74, 6) is 0.618. The van der Waals surface area contributed by atoms with E-state index in [0.717, 1.165) is 33.9 Å². The van der Waals surface area contributed by atoms with Crippen LogP contribution in [-0.2, 0) is 6.54 Å². The number of hydrogen-bond acceptors (Lipinski definition) is 4. The summed E-state index contributed by atoms with van der Waals surface area (Å²) < 4.78 is 7.11. The molecule has 0 aliphatic carbocycles. The zero-order chi connectivity index (χ0) is 19.8. The first-order chi connectivity index (χ1) is 13.5. The number of hydrogen-bond donors (Lipinski definition) is 0. The fourth-order valence-electron chi connectivity index (χ4n) is 3.46. The lowest BCUT2D eigenvalue weighted by Gasteiger charge is -2.17. The van der Waals surface area contributed by atoms with Gasteiger partial charge in [-0.05, 0) is 38.5 Å². The van der Waals surface area contributed by atoms with Gasteiger partial charge in [-0.15, -0.1) is 0 Å². The van der Waals surface area contributed by atoms with Crippen molar-refractivity contribution in [3.63, 3.8) is 0 Å². The van der Waals surface area contributed by atoms with Crippen LogP contribution in [0, 0.1) is 20.8 Å². The molecule has 4 rings (SSSR count). The number of carbonyl (C=O) groups excluding carboxylic acids is 1. The fourth-order valence-corrected chi connectivity index (χ4v) is 3.46. The second kappa shape index (κ2) is 6.96. The second-order valence-corrected chi connectivity index (χ2v) is 7.06. The molecular weight excluding hydrogens is 352 g/mol. The highest BCUT2D eigenvalue weighted by molar-refractivity contribution is 5.95. The van der Waals surface area contributed by atoms with Crippen molar-refractivity contribution in [3.05, 3.63) is 77.1 Å². The molecule has 0 aliphatic heterocycles. The van der Waals surface area contributed by atoms with E-state index in [0.29, 0.717) is 12.1 Å². The van der Waals surface area contributed by atoms with Gasteiger partial charge >= 0.3 is 0 Å². The molecule has 3 heterocycles. The van der Waals surface area contributed by atoms with Crippen LogP contribution < -0.4 is 0 Å². The minimum atomic E-state index is -0.117. The van der Waals surface area contributed by atoms with Gasteiger partial charge in [0.05, 0.1) is 29.8 Å². The molecule has 0 unspecified atom stereocenters. The molecule has 6 heteroatoms. The van der Waals surface area contributed by atoms with E-state index in [4.69, 9.17) is 4.42 Å². The van der Waals surface area contributed by atoms with Crippen LogP contribution >= 0.6 is 0 Å². The van der Waals surface area contributed by atoms with Crippen molar-refractivity contribution in [1.82, 2.24) is 19.5 Å². The molecule has 1 aromatic carbocycles. The van der Waals surface area contributed by atoms with E-state index in [1.165, 1.54) is 5.56 Å². The van der Waals surface area contributed by atoms with Gasteiger partial charge in [-0.25, -0.2) is 9.50 Å². The molecule has 0 saturated carbocycles. The highest BCUT2D eigenvalue weighted by Crippen LogP contribution is 2.29. The highest BCUT2D eigenvalue weighted by atomic mass is 16.3. The third-order valence-corrected chi connectivity index (χ3v) is 4.92. The molecule has 1 amide bonds. The molecule has 28 heavy (non-hydrogen) atoms. The number of aromatic nitrogens is 3. The third-order valence-electron chi connectivity index (χ3n) is 4.92. The van der Waals surface area contributed by atoms with Crippen molar-refractivity contribution in [2.75, 3.05) is 7.05 Å². The molecule has 4 aromatic rings. The van der Waals surface area contributed by atoms with Crippen LogP contribution in [0.2, 0.25) is 0 Å². The Morgan fingerprint density at radius 1 is 1.18 bits per heavy atom. The van der Waals surface area contributed by atoms with Crippen LogP contribution in [0.1, 0.15) is 33.1 Å². The normalized spacial score (nSPS) is 11.1. The van der Waals surface area contributed by atoms with Crippen LogP contribution in [0.3, 0.4) is 0 Å². The van der Waals surface area contributed by atoms with E-state index in [9.17, 15) is 4.79 Å². The van der Waals surface area contributed by atoms with Crippen molar-refractivity contribution in [2.45, 2.75) is 27.3 Å². The maximum absolute atomic E-state index is 12.9. The van der Waals surface area contributed by atoms with Gasteiger partial charge in [-0.1, -0.05) is 29.8 Å². The second-order valence-electron chi connectivity index (χ2n) is 7.06. The molecule has 142 valence electrons. The zero-order valence-electron chi connectivity index (χ0n) is 16.4. The first-order valence-electron chi connectivity index (χ1n) is 9.15. The van der Waals surface area contributed by atoms with Crippen molar-refractivity contribution in [2.24, 2.45) is 0 Å². The Hall–Kier alpha value is -3.41. The van der Waals surface area contributed by atoms with Gasteiger partial charge in [0.1, 0.15) is 5.76 Å². The van der Waals surface area contributed by atoms with Crippen LogP contribution in [0.15, 0.2) is 53.3 Å². The topological polar surface area (TPSA) is 63.6 Å². The summed E-state index contributed by atoms with van der Waals surface area (Å²) in [6.07, 6.45) is 3.25. The lowest BCUT2D eigenvalue weighted by molar-refractivity contribution is 0.0773. The molecule has 0 saturated heterocycles. The first-order valence-corrected chi connectivity index (χ1v) is 9.15. The Bertz CT molecular complexity index is 1160. The average molecular weight is 374 g/mol. The van der Waals surface area contributed by atoms with Gasteiger partial charge in [-0.2, -0.15) is 5.10 Å². The van der Waals surface area contributed by atoms with E-state index in [-0.39, 0.29) is 5.91 Å². The average Bonchev–Trinajstić information content (AvgIpc) is 3.29. The molecule has 0 fully saturated rings. The van der Waals surface area contributed by atoms with Gasteiger partial charge in [0, 0.05) is 18.8 Å². The standard InChI is InChI=1S/C22H22N4O2/c1-14-7-5-8-17(11-14)20-15(2)24-26-16(3)19(12-23-21(20)26)22(27)25(4)13-18-9-6-10-28-18/h5-12H,13H2,1-4H3. The van der Waals surface area contributed by atoms with E-state index >= 15 is 0 Å². The number of nitrogens with zero attached hydrogens (tertiary/aromatic N) is 4. The molecule has 0 atom stereocenters. The lowest BCUT2D eigenvalue weighted by atomic mass is 10.0. The number of amides is 1. The van der Waals surface area contributed by atoms with Crippen LogP contribution in [0.5, 0.6) is 0 Å². The Labute approximate surface area is 163 Å². The summed E-state index contributed by atoms with van der Waals surface area (Å²) in [6, 6.07) is 11.9. The van der Waals surface area contributed by atoms with Gasteiger partial charge < -0.3 is 9.32 Å². The van der Waals surface area contributed by atoms with E-state index in [2.05, 4.69) is 35.2 Å². The SMILES string of the molecule is Cc1cccc(-c2c(C)nn3c(C)c(C(=O)N(C)Cc4ccco4)cnc23)c1. The van der Waals surface area contributed by atoms with E-state index in [1.807, 2.05) is 32.0 Å². The maximum atomic E-state index is 12.9. The van der Waals surface area contributed by atoms with E-state index < -0.39 is 0 Å². The predicted molar refractivity (Wildman–Crippen MR) is 107 cm³/mol. The third kappa shape index (κ3) is 3.07. The Balaban J connectivity index is 1.75. The van der Waals surface area contributed by atoms with Crippen molar-refractivity contribution >= 4 is 11.6 Å². The molecule has 0 bridgehead atoms. The molecule has 0 N–H and O–H groups in total. The number of rotatable bonds is 4. The van der Waals surface area contributed by atoms with Crippen LogP contribution in [-0.4, -0.2) is 32.5 Å². The Kier molecular flexibility index (Phi) is 4.47. The first kappa shape index (κ1) is 18.0. The van der Waals surface area contributed by atoms with Gasteiger partial charge in [0.15, 0.2) is 5.65 Å². The largest absolute Gasteiger partial charge is 0.467 e. The summed E-state index contributed by atoms with van der Waals surface area (Å²) in [7, 11) is 1.75. The van der Waals surface area contributed by atoms with Gasteiger partial charge in [0.25, 0.3) is 5.91 Å². The molecule has 0 aliphatic rings. The minimum absolute atomic E-state index is 0.117. The van der Waals surface area contributed by atoms with Crippen molar-refractivity contribution in [3.8, 4) is 11.1 Å². The fraction of sp³-hybridized carbons (Fsp3) is 0.227. The number of fused-ring (bicyclic) bond motifs is 1. The highest BCUT2D eigenvalue weighted by Gasteiger charge is 2.21. The number of furan rings is 1. The van der Waals surface area contributed by atoms with Gasteiger partial charge in [0.2, 0.25) is 0 Å². The Morgan fingerprint density at radius 3 is 2.71 bits per heavy atom. The summed E-state index contributed by atoms with van der Waals surface area (Å²) in [5, 5.41) is 4.66. The maximum Gasteiger partial charge on any atom is 0.257 e. The van der Waals surface area contributed by atoms with Crippen LogP contribution in [0.25, 0.3) is 16.8 Å². The quantitative estimate of drug-likeness (QED) is 0.537. The molecule has 0 spiro atoms. The smallest absolute Gasteiger partial charge is 0.257 e. The lowest BCUT2D eigenvalue weighted by Crippen LogP contribution is -2.27. The summed E-state index contributed by atoms with van der Waals surface area (Å²) in [4.78, 5) is 19.2. The molecule has 6 nitrogen and oxygen atoms in total. The summed E-state index contributed by atoms with van der Waals surface area (Å²) in [6.45, 7) is 6.33. The number of benzene rings is 1. The van der Waals surface area contributed by atoms with Crippen molar-refractivity contribution < 1.29 is 9.21 Å². The number of aryl methyl sites for hydroxylation is 3. The predicted octanol–water partition coefficient (Wildman–Crippen LogP) is 4.19. The summed E-state index contributed by atoms with van der Waals surface area (Å²) >= 11 is 0. The Morgan fingerprint density at radius 2 is 2.00 bits per heavy atom. The summed E-state index contributed by atoms with van der Waals surface area (Å²) in [5.41, 5.74) is 6.19. The monoisotopic (exact) mass is 374 g/mol. The van der Waals surface area contributed by atoms with Crippen molar-refractivity contribution in [1.29, 1.82) is 0 Å². The van der Waals surface area contributed by atoms with E-state index in [1.54, 1.807) is 28.9 Å². The molecular formula is C22H22N4O2. The van der Waals surface area contributed by atoms with Crippen LogP contribution in [0.4, 0.5) is 0 Å². The van der Waals surface area contributed by atoms with Gasteiger partial charge in [-0.3, -0.25) is 4.79 Å².